The SMILES string of the molecule is COc1cc(N2CC[C@@H]3[C@H](C2)CN3C)ccc1Nc1ncc(Cl)c(Nc2ccccc2P(C)(C)=O)n1. The molecule has 8 nitrogen and oxygen atoms in total. The summed E-state index contributed by atoms with van der Waals surface area (Å²) in [6.07, 6.45) is 2.73. The van der Waals surface area contributed by atoms with Crippen molar-refractivity contribution in [2.24, 2.45) is 5.92 Å². The number of nitrogens with one attached hydrogen (secondary N) is 2. The van der Waals surface area contributed by atoms with Gasteiger partial charge in [-0.05, 0) is 51.1 Å². The van der Waals surface area contributed by atoms with E-state index in [-0.39, 0.29) is 0 Å². The molecule has 36 heavy (non-hydrogen) atoms. The zero-order chi connectivity index (χ0) is 25.4. The number of nitrogens with zero attached hydrogens (tertiary/aromatic N) is 4. The van der Waals surface area contributed by atoms with Gasteiger partial charge in [-0.1, -0.05) is 23.7 Å². The van der Waals surface area contributed by atoms with Crippen LogP contribution in [0.4, 0.5) is 28.8 Å². The highest BCUT2D eigenvalue weighted by atomic mass is 35.5. The van der Waals surface area contributed by atoms with Crippen LogP contribution in [0.25, 0.3) is 0 Å². The highest BCUT2D eigenvalue weighted by Gasteiger charge is 2.40. The molecular weight excluding hydrogens is 495 g/mol. The molecule has 2 aliphatic heterocycles. The van der Waals surface area contributed by atoms with Crippen molar-refractivity contribution >= 4 is 52.9 Å². The van der Waals surface area contributed by atoms with Gasteiger partial charge in [-0.25, -0.2) is 4.98 Å². The van der Waals surface area contributed by atoms with Crippen LogP contribution >= 0.6 is 18.7 Å². The third-order valence-electron chi connectivity index (χ3n) is 7.06. The number of hydrogen-bond donors (Lipinski definition) is 2. The second kappa shape index (κ2) is 9.92. The summed E-state index contributed by atoms with van der Waals surface area (Å²) < 4.78 is 18.5. The van der Waals surface area contributed by atoms with E-state index in [1.54, 1.807) is 26.6 Å². The quantitative estimate of drug-likeness (QED) is 0.416. The molecule has 10 heteroatoms. The Labute approximate surface area is 217 Å². The Bertz CT molecular complexity index is 1320. The Kier molecular flexibility index (Phi) is 6.86. The molecule has 0 bridgehead atoms. The molecule has 0 saturated carbocycles. The third-order valence-corrected chi connectivity index (χ3v) is 8.89. The average Bonchev–Trinajstić information content (AvgIpc) is 2.85. The lowest BCUT2D eigenvalue weighted by Crippen LogP contribution is -2.61. The number of ether oxygens (including phenoxy) is 1. The van der Waals surface area contributed by atoms with Gasteiger partial charge in [0.25, 0.3) is 0 Å². The van der Waals surface area contributed by atoms with Gasteiger partial charge in [0, 0.05) is 48.7 Å². The van der Waals surface area contributed by atoms with Crippen LogP contribution in [-0.2, 0) is 4.57 Å². The molecule has 2 saturated heterocycles. The van der Waals surface area contributed by atoms with Crippen molar-refractivity contribution in [2.45, 2.75) is 12.5 Å². The van der Waals surface area contributed by atoms with Crippen LogP contribution < -0.4 is 25.6 Å². The first kappa shape index (κ1) is 24.9. The first-order valence-corrected chi connectivity index (χ1v) is 15.1. The van der Waals surface area contributed by atoms with Crippen molar-refractivity contribution < 1.29 is 9.30 Å². The molecule has 3 aromatic rings. The molecule has 0 unspecified atom stereocenters. The number of rotatable bonds is 7. The van der Waals surface area contributed by atoms with Crippen molar-refractivity contribution in [1.82, 2.24) is 14.9 Å². The van der Waals surface area contributed by atoms with Crippen molar-refractivity contribution in [3.05, 3.63) is 53.7 Å². The highest BCUT2D eigenvalue weighted by molar-refractivity contribution is 7.70. The number of methoxy groups -OCH3 is 1. The van der Waals surface area contributed by atoms with E-state index in [4.69, 9.17) is 16.3 Å². The third kappa shape index (κ3) is 5.03. The van der Waals surface area contributed by atoms with Crippen LogP contribution in [0.1, 0.15) is 6.42 Å². The van der Waals surface area contributed by atoms with Crippen LogP contribution in [0.15, 0.2) is 48.7 Å². The molecule has 0 spiro atoms. The van der Waals surface area contributed by atoms with Gasteiger partial charge in [0.05, 0.1) is 24.7 Å². The lowest BCUT2D eigenvalue weighted by Gasteiger charge is -2.52. The summed E-state index contributed by atoms with van der Waals surface area (Å²) in [6.45, 7) is 6.77. The van der Waals surface area contributed by atoms with Crippen molar-refractivity contribution in [2.75, 3.05) is 62.7 Å². The second-order valence-corrected chi connectivity index (χ2v) is 13.5. The summed E-state index contributed by atoms with van der Waals surface area (Å²) in [5, 5.41) is 7.60. The zero-order valence-corrected chi connectivity index (χ0v) is 22.7. The summed E-state index contributed by atoms with van der Waals surface area (Å²) in [5.41, 5.74) is 2.63. The topological polar surface area (TPSA) is 82.6 Å². The molecule has 0 aliphatic carbocycles. The lowest BCUT2D eigenvalue weighted by molar-refractivity contribution is 0.0271. The predicted molar refractivity (Wildman–Crippen MR) is 149 cm³/mol. The zero-order valence-electron chi connectivity index (χ0n) is 21.0. The Morgan fingerprint density at radius 1 is 1.11 bits per heavy atom. The number of fused-ring (bicyclic) bond motifs is 1. The number of hydrogen-bond acceptors (Lipinski definition) is 8. The maximum Gasteiger partial charge on any atom is 0.229 e. The number of piperidine rings is 1. The van der Waals surface area contributed by atoms with E-state index in [1.807, 2.05) is 30.3 Å². The molecular formula is C26H32ClN6O2P. The monoisotopic (exact) mass is 526 g/mol. The molecule has 190 valence electrons. The minimum Gasteiger partial charge on any atom is -0.494 e. The number of benzene rings is 2. The number of likely N-dealkylation sites (tertiary alicyclic amines) is 1. The van der Waals surface area contributed by atoms with Gasteiger partial charge in [0.15, 0.2) is 5.82 Å². The van der Waals surface area contributed by atoms with Crippen LogP contribution in [0, 0.1) is 5.92 Å². The minimum atomic E-state index is -2.50. The van der Waals surface area contributed by atoms with Crippen LogP contribution in [0.5, 0.6) is 5.75 Å². The number of halogens is 1. The van der Waals surface area contributed by atoms with Crippen LogP contribution in [-0.4, -0.2) is 68.0 Å². The van der Waals surface area contributed by atoms with Gasteiger partial charge >= 0.3 is 0 Å². The molecule has 0 radical (unpaired) electrons. The van der Waals surface area contributed by atoms with E-state index in [0.717, 1.165) is 47.5 Å². The average molecular weight is 527 g/mol. The fourth-order valence-corrected chi connectivity index (χ4v) is 6.47. The molecule has 1 aromatic heterocycles. The maximum atomic E-state index is 12.7. The molecule has 0 amide bonds. The van der Waals surface area contributed by atoms with Crippen molar-refractivity contribution in [3.8, 4) is 5.75 Å². The van der Waals surface area contributed by atoms with Crippen molar-refractivity contribution in [1.29, 1.82) is 0 Å². The Morgan fingerprint density at radius 3 is 2.64 bits per heavy atom. The van der Waals surface area contributed by atoms with Crippen molar-refractivity contribution in [3.63, 3.8) is 0 Å². The largest absolute Gasteiger partial charge is 0.494 e. The molecule has 2 fully saturated rings. The lowest BCUT2D eigenvalue weighted by atomic mass is 9.83. The Balaban J connectivity index is 1.35. The Morgan fingerprint density at radius 2 is 1.92 bits per heavy atom. The van der Waals surface area contributed by atoms with Gasteiger partial charge in [0.2, 0.25) is 5.95 Å². The van der Waals surface area contributed by atoms with E-state index >= 15 is 0 Å². The van der Waals surface area contributed by atoms with E-state index in [2.05, 4.69) is 49.6 Å². The van der Waals surface area contributed by atoms with Gasteiger partial charge in [-0.2, -0.15) is 4.98 Å². The molecule has 2 aliphatic rings. The standard InChI is InChI=1S/C26H32ClN6O2P/c1-32-15-17-16-33(12-11-22(17)32)18-9-10-20(23(13-18)35-2)30-26-28-14-19(27)25(31-26)29-21-7-5-6-8-24(21)36(3,4)34/h5-10,13-14,17,22H,11-12,15-16H2,1-4H3,(H2,28,29,30,31)/t17-,22+/m0/s1. The van der Waals surface area contributed by atoms with Gasteiger partial charge in [-0.3, -0.25) is 0 Å². The second-order valence-electron chi connectivity index (χ2n) is 9.89. The fraction of sp³-hybridized carbons (Fsp3) is 0.385. The number of para-hydroxylation sites is 1. The summed E-state index contributed by atoms with van der Waals surface area (Å²) in [5.74, 6) is 2.26. The number of anilines is 5. The van der Waals surface area contributed by atoms with Gasteiger partial charge < -0.3 is 29.7 Å². The highest BCUT2D eigenvalue weighted by Crippen LogP contribution is 2.39. The van der Waals surface area contributed by atoms with Gasteiger partial charge in [-0.15, -0.1) is 0 Å². The summed E-state index contributed by atoms with van der Waals surface area (Å²) in [6, 6.07) is 14.4. The van der Waals surface area contributed by atoms with Crippen LogP contribution in [0.3, 0.4) is 0 Å². The molecule has 3 heterocycles. The fourth-order valence-electron chi connectivity index (χ4n) is 5.17. The molecule has 2 atom stereocenters. The first-order valence-electron chi connectivity index (χ1n) is 12.1. The summed E-state index contributed by atoms with van der Waals surface area (Å²) in [7, 11) is 1.38. The van der Waals surface area contributed by atoms with E-state index in [1.165, 1.54) is 13.0 Å². The molecule has 5 rings (SSSR count). The summed E-state index contributed by atoms with van der Waals surface area (Å²) in [4.78, 5) is 13.8. The molecule has 2 N–H and O–H groups in total. The van der Waals surface area contributed by atoms with E-state index in [9.17, 15) is 4.57 Å². The smallest absolute Gasteiger partial charge is 0.229 e. The van der Waals surface area contributed by atoms with E-state index < -0.39 is 7.14 Å². The van der Waals surface area contributed by atoms with Gasteiger partial charge in [0.1, 0.15) is 17.9 Å². The first-order chi connectivity index (χ1) is 17.2. The van der Waals surface area contributed by atoms with Crippen LogP contribution in [0.2, 0.25) is 5.02 Å². The minimum absolute atomic E-state index is 0.366. The maximum absolute atomic E-state index is 12.7. The number of aromatic nitrogens is 2. The normalized spacial score (nSPS) is 19.9. The van der Waals surface area contributed by atoms with E-state index in [0.29, 0.717) is 22.5 Å². The molecule has 2 aromatic carbocycles. The Hall–Kier alpha value is -2.80. The summed E-state index contributed by atoms with van der Waals surface area (Å²) >= 11 is 6.40. The predicted octanol–water partition coefficient (Wildman–Crippen LogP) is 5.01.